The molecule has 0 radical (unpaired) electrons. The first-order valence-electron chi connectivity index (χ1n) is 9.79. The zero-order valence-electron chi connectivity index (χ0n) is 16.6. The van der Waals surface area contributed by atoms with Crippen LogP contribution in [0.15, 0.2) is 70.1 Å². The largest absolute Gasteiger partial charge is 0.432 e. The molecule has 160 valence electrons. The number of thiazole rings is 1. The number of benzene rings is 2. The molecule has 33 heavy (non-hydrogen) atoms. The summed E-state index contributed by atoms with van der Waals surface area (Å²) in [6.45, 7) is 0. The summed E-state index contributed by atoms with van der Waals surface area (Å²) in [5, 5.41) is 2.96. The molecule has 0 unspecified atom stereocenters. The topological polar surface area (TPSA) is 78.0 Å². The van der Waals surface area contributed by atoms with E-state index in [-0.39, 0.29) is 26.7 Å². The van der Waals surface area contributed by atoms with Crippen molar-refractivity contribution < 1.29 is 14.0 Å². The van der Waals surface area contributed by atoms with Crippen molar-refractivity contribution >= 4 is 63.4 Å². The van der Waals surface area contributed by atoms with Crippen LogP contribution in [-0.2, 0) is 0 Å². The van der Waals surface area contributed by atoms with Crippen LogP contribution < -0.4 is 0 Å². The summed E-state index contributed by atoms with van der Waals surface area (Å²) in [5.41, 5.74) is 2.96. The van der Waals surface area contributed by atoms with E-state index >= 15 is 0 Å². The highest BCUT2D eigenvalue weighted by atomic mass is 35.5. The van der Waals surface area contributed by atoms with Gasteiger partial charge in [0.15, 0.2) is 27.8 Å². The molecule has 6 nitrogen and oxygen atoms in total. The Morgan fingerprint density at radius 3 is 2.30 bits per heavy atom. The maximum Gasteiger partial charge on any atom is 0.258 e. The lowest BCUT2D eigenvalue weighted by Crippen LogP contribution is -2.03. The van der Waals surface area contributed by atoms with E-state index in [4.69, 9.17) is 27.6 Å². The Labute approximate surface area is 200 Å². The zero-order chi connectivity index (χ0) is 22.7. The first-order valence-corrected chi connectivity index (χ1v) is 11.4. The highest BCUT2D eigenvalue weighted by Gasteiger charge is 2.34. The van der Waals surface area contributed by atoms with Crippen LogP contribution in [0, 0.1) is 0 Å². The van der Waals surface area contributed by atoms with Crippen LogP contribution in [0.25, 0.3) is 33.9 Å². The quantitative estimate of drug-likeness (QED) is 0.212. The summed E-state index contributed by atoms with van der Waals surface area (Å²) < 4.78 is 7.79. The van der Waals surface area contributed by atoms with Crippen molar-refractivity contribution in [2.75, 3.05) is 0 Å². The number of carbonyl (C=O) groups is 2. The van der Waals surface area contributed by atoms with Gasteiger partial charge in [-0.2, -0.15) is 4.98 Å². The Bertz CT molecular complexity index is 1570. The maximum absolute atomic E-state index is 13.0. The zero-order valence-corrected chi connectivity index (χ0v) is 18.9. The summed E-state index contributed by atoms with van der Waals surface area (Å²) in [5.74, 6) is -0.395. The van der Waals surface area contributed by atoms with Gasteiger partial charge in [-0.25, -0.2) is 4.98 Å². The molecule has 0 fully saturated rings. The Morgan fingerprint density at radius 2 is 1.67 bits per heavy atom. The molecule has 0 spiro atoms. The number of ketones is 2. The second kappa shape index (κ2) is 7.52. The molecule has 0 amide bonds. The smallest absolute Gasteiger partial charge is 0.258 e. The van der Waals surface area contributed by atoms with Crippen LogP contribution in [0.1, 0.15) is 26.4 Å². The number of hydrogen-bond donors (Lipinski definition) is 0. The Kier molecular flexibility index (Phi) is 4.58. The van der Waals surface area contributed by atoms with Gasteiger partial charge < -0.3 is 4.42 Å². The van der Waals surface area contributed by atoms with Gasteiger partial charge >= 0.3 is 0 Å². The number of fused-ring (bicyclic) bond motifs is 2. The Balaban J connectivity index is 1.54. The van der Waals surface area contributed by atoms with Gasteiger partial charge in [0.05, 0.1) is 21.3 Å². The predicted molar refractivity (Wildman–Crippen MR) is 128 cm³/mol. The van der Waals surface area contributed by atoms with Crippen molar-refractivity contribution in [2.24, 2.45) is 0 Å². The maximum atomic E-state index is 13.0. The van der Waals surface area contributed by atoms with E-state index in [2.05, 4.69) is 9.97 Å². The molecule has 0 aliphatic heterocycles. The third-order valence-corrected chi connectivity index (χ3v) is 6.83. The molecule has 0 saturated heterocycles. The number of Topliss-reactive ketones (excluding diaryl/α,β-unsaturated/α-hetero) is 2. The number of oxazole rings is 1. The van der Waals surface area contributed by atoms with E-state index < -0.39 is 11.6 Å². The standard InChI is InChI=1S/C24H11Cl2N3O3S/c25-17-10-14-15(11-18(17)26)21(31)16(20(14)30)8-13-9-19-22(29(13)12-4-2-1-3-5-12)28-23(32-19)24-27-6-7-33-24/h1-11H. The molecule has 3 aromatic heterocycles. The minimum absolute atomic E-state index is 0.0285. The third kappa shape index (κ3) is 3.16. The van der Waals surface area contributed by atoms with Gasteiger partial charge in [-0.05, 0) is 30.3 Å². The molecular formula is C24H11Cl2N3O3S. The minimum atomic E-state index is -0.401. The molecule has 0 N–H and O–H groups in total. The fourth-order valence-electron chi connectivity index (χ4n) is 3.87. The molecule has 0 bridgehead atoms. The molecule has 1 aliphatic carbocycles. The molecule has 6 rings (SSSR count). The lowest BCUT2D eigenvalue weighted by Gasteiger charge is -2.07. The van der Waals surface area contributed by atoms with E-state index in [0.29, 0.717) is 27.8 Å². The Hall–Kier alpha value is -3.52. The summed E-state index contributed by atoms with van der Waals surface area (Å²) in [4.78, 5) is 35.0. The van der Waals surface area contributed by atoms with Crippen molar-refractivity contribution in [1.29, 1.82) is 0 Å². The number of para-hydroxylation sites is 1. The van der Waals surface area contributed by atoms with Gasteiger partial charge in [0, 0.05) is 34.5 Å². The van der Waals surface area contributed by atoms with Crippen LogP contribution in [0.5, 0.6) is 0 Å². The number of aromatic nitrogens is 3. The van der Waals surface area contributed by atoms with E-state index in [0.717, 1.165) is 5.69 Å². The van der Waals surface area contributed by atoms with Crippen LogP contribution in [0.4, 0.5) is 0 Å². The van der Waals surface area contributed by atoms with Gasteiger partial charge in [-0.3, -0.25) is 14.2 Å². The van der Waals surface area contributed by atoms with E-state index in [1.807, 2.05) is 40.3 Å². The van der Waals surface area contributed by atoms with Crippen molar-refractivity contribution in [3.05, 3.63) is 92.5 Å². The number of carbonyl (C=O) groups excluding carboxylic acids is 2. The van der Waals surface area contributed by atoms with E-state index in [1.54, 1.807) is 18.3 Å². The SMILES string of the molecule is O=C1C(=Cc2cc3oc(-c4nccs4)nc3n2-c2ccccc2)C(=O)c2cc(Cl)c(Cl)cc21. The fourth-order valence-corrected chi connectivity index (χ4v) is 4.76. The average molecular weight is 492 g/mol. The van der Waals surface area contributed by atoms with Crippen molar-refractivity contribution in [1.82, 2.24) is 14.5 Å². The fraction of sp³-hybridized carbons (Fsp3) is 0. The first kappa shape index (κ1) is 20.1. The molecule has 5 aromatic rings. The predicted octanol–water partition coefficient (Wildman–Crippen LogP) is 6.51. The van der Waals surface area contributed by atoms with E-state index in [9.17, 15) is 9.59 Å². The molecule has 1 aliphatic rings. The van der Waals surface area contributed by atoms with Gasteiger partial charge in [0.2, 0.25) is 0 Å². The van der Waals surface area contributed by atoms with Crippen LogP contribution in [-0.4, -0.2) is 26.1 Å². The highest BCUT2D eigenvalue weighted by Crippen LogP contribution is 2.36. The number of nitrogens with zero attached hydrogens (tertiary/aromatic N) is 3. The normalized spacial score (nSPS) is 13.2. The molecule has 9 heteroatoms. The summed E-state index contributed by atoms with van der Waals surface area (Å²) >= 11 is 13.6. The van der Waals surface area contributed by atoms with Crippen LogP contribution in [0.2, 0.25) is 10.0 Å². The van der Waals surface area contributed by atoms with Crippen LogP contribution >= 0.6 is 34.5 Å². The summed E-state index contributed by atoms with van der Waals surface area (Å²) in [6, 6.07) is 14.1. The van der Waals surface area contributed by atoms with E-state index in [1.165, 1.54) is 23.5 Å². The molecule has 0 atom stereocenters. The Morgan fingerprint density at radius 1 is 0.970 bits per heavy atom. The average Bonchev–Trinajstić information content (AvgIpc) is 3.57. The summed E-state index contributed by atoms with van der Waals surface area (Å²) in [7, 11) is 0. The first-order chi connectivity index (χ1) is 16.0. The molecular weight excluding hydrogens is 481 g/mol. The number of hydrogen-bond acceptors (Lipinski definition) is 6. The lowest BCUT2D eigenvalue weighted by molar-refractivity contribution is 0.0990. The van der Waals surface area contributed by atoms with Gasteiger partial charge in [-0.1, -0.05) is 41.4 Å². The minimum Gasteiger partial charge on any atom is -0.432 e. The second-order valence-corrected chi connectivity index (χ2v) is 9.02. The monoisotopic (exact) mass is 491 g/mol. The van der Waals surface area contributed by atoms with Gasteiger partial charge in [0.25, 0.3) is 5.89 Å². The second-order valence-electron chi connectivity index (χ2n) is 7.31. The number of halogens is 2. The van der Waals surface area contributed by atoms with Crippen molar-refractivity contribution in [2.45, 2.75) is 0 Å². The third-order valence-electron chi connectivity index (χ3n) is 5.34. The number of rotatable bonds is 3. The molecule has 3 heterocycles. The molecule has 0 saturated carbocycles. The van der Waals surface area contributed by atoms with Crippen molar-refractivity contribution in [3.63, 3.8) is 0 Å². The van der Waals surface area contributed by atoms with Gasteiger partial charge in [-0.15, -0.1) is 11.3 Å². The summed E-state index contributed by atoms with van der Waals surface area (Å²) in [6.07, 6.45) is 3.24. The molecule has 2 aromatic carbocycles. The van der Waals surface area contributed by atoms with Crippen LogP contribution in [0.3, 0.4) is 0 Å². The number of allylic oxidation sites excluding steroid dienone is 1. The highest BCUT2D eigenvalue weighted by molar-refractivity contribution is 7.12. The van der Waals surface area contributed by atoms with Crippen molar-refractivity contribution in [3.8, 4) is 16.6 Å². The lowest BCUT2D eigenvalue weighted by atomic mass is 10.1. The van der Waals surface area contributed by atoms with Gasteiger partial charge in [0.1, 0.15) is 0 Å².